The summed E-state index contributed by atoms with van der Waals surface area (Å²) in [7, 11) is -3.28. The molecule has 9 nitrogen and oxygen atoms in total. The third-order valence-corrected chi connectivity index (χ3v) is 9.63. The van der Waals surface area contributed by atoms with Gasteiger partial charge in [-0.15, -0.1) is 11.3 Å². The molecule has 0 radical (unpaired) electrons. The fraction of sp³-hybridized carbons (Fsp3) is 0.583. The quantitative estimate of drug-likeness (QED) is 0.537. The molecule has 208 valence electrons. The highest BCUT2D eigenvalue weighted by molar-refractivity contribution is 7.91. The molecule has 2 aromatic heterocycles. The molecule has 2 fully saturated rings. The van der Waals surface area contributed by atoms with Gasteiger partial charge in [0.1, 0.15) is 17.6 Å². The van der Waals surface area contributed by atoms with Crippen molar-refractivity contribution in [1.29, 1.82) is 0 Å². The van der Waals surface area contributed by atoms with E-state index < -0.39 is 33.2 Å². The molecule has 2 aliphatic rings. The number of carbonyl (C=O) groups is 2. The molecule has 2 aliphatic heterocycles. The predicted molar refractivity (Wildman–Crippen MR) is 138 cm³/mol. The van der Waals surface area contributed by atoms with Gasteiger partial charge in [-0.2, -0.15) is 13.2 Å². The smallest absolute Gasteiger partial charge is 0.359 e. The van der Waals surface area contributed by atoms with Gasteiger partial charge in [0.2, 0.25) is 0 Å². The number of aromatic nitrogens is 2. The van der Waals surface area contributed by atoms with E-state index in [-0.39, 0.29) is 48.0 Å². The lowest BCUT2D eigenvalue weighted by molar-refractivity contribution is -0.142. The van der Waals surface area contributed by atoms with E-state index in [2.05, 4.69) is 15.3 Å². The van der Waals surface area contributed by atoms with Crippen molar-refractivity contribution >= 4 is 38.8 Å². The van der Waals surface area contributed by atoms with Gasteiger partial charge in [0.05, 0.1) is 10.1 Å². The third kappa shape index (κ3) is 5.65. The number of hydrogen-bond donors (Lipinski definition) is 1. The van der Waals surface area contributed by atoms with Gasteiger partial charge < -0.3 is 15.1 Å². The first kappa shape index (κ1) is 28.3. The molecule has 2 atom stereocenters. The minimum Gasteiger partial charge on any atom is -0.359 e. The van der Waals surface area contributed by atoms with Gasteiger partial charge in [0, 0.05) is 43.7 Å². The Bertz CT molecular complexity index is 1340. The highest BCUT2D eigenvalue weighted by atomic mass is 32.2. The van der Waals surface area contributed by atoms with Gasteiger partial charge in [-0.05, 0) is 44.7 Å². The zero-order valence-electron chi connectivity index (χ0n) is 21.5. The first-order valence-electron chi connectivity index (χ1n) is 12.3. The van der Waals surface area contributed by atoms with Crippen LogP contribution in [-0.2, 0) is 9.84 Å². The average Bonchev–Trinajstić information content (AvgIpc) is 3.41. The lowest BCUT2D eigenvalue weighted by Crippen LogP contribution is -2.56. The van der Waals surface area contributed by atoms with Gasteiger partial charge in [-0.25, -0.2) is 18.4 Å². The van der Waals surface area contributed by atoms with Gasteiger partial charge in [0.15, 0.2) is 14.8 Å². The maximum atomic E-state index is 13.5. The van der Waals surface area contributed by atoms with E-state index in [9.17, 15) is 31.2 Å². The summed E-state index contributed by atoms with van der Waals surface area (Å²) in [6.07, 6.45) is -0.407. The number of hydrogen-bond acceptors (Lipinski definition) is 8. The van der Waals surface area contributed by atoms with Crippen molar-refractivity contribution in [3.8, 4) is 10.4 Å². The van der Waals surface area contributed by atoms with E-state index in [1.54, 1.807) is 11.8 Å². The maximum absolute atomic E-state index is 13.5. The summed E-state index contributed by atoms with van der Waals surface area (Å²) in [4.78, 5) is 38.7. The van der Waals surface area contributed by atoms with Crippen LogP contribution in [0.1, 0.15) is 59.0 Å². The lowest BCUT2D eigenvalue weighted by atomic mass is 10.1. The minimum absolute atomic E-state index is 0.00115. The molecule has 0 spiro atoms. The Hall–Kier alpha value is -2.74. The van der Waals surface area contributed by atoms with Crippen molar-refractivity contribution in [2.75, 3.05) is 31.2 Å². The van der Waals surface area contributed by atoms with Crippen LogP contribution in [0.4, 0.5) is 19.0 Å². The van der Waals surface area contributed by atoms with Crippen molar-refractivity contribution in [1.82, 2.24) is 19.8 Å². The van der Waals surface area contributed by atoms with Crippen molar-refractivity contribution in [3.63, 3.8) is 0 Å². The largest absolute Gasteiger partial charge is 0.408 e. The van der Waals surface area contributed by atoms with E-state index in [0.717, 1.165) is 30.4 Å². The van der Waals surface area contributed by atoms with Crippen molar-refractivity contribution in [2.24, 2.45) is 0 Å². The number of likely N-dealkylation sites (tertiary alicyclic amines) is 2. The van der Waals surface area contributed by atoms with Crippen LogP contribution in [0.3, 0.4) is 0 Å². The highest BCUT2D eigenvalue weighted by Crippen LogP contribution is 2.36. The molecule has 4 heterocycles. The van der Waals surface area contributed by atoms with E-state index in [1.165, 1.54) is 24.1 Å². The Balaban J connectivity index is 1.68. The number of amides is 2. The lowest BCUT2D eigenvalue weighted by Gasteiger charge is -2.37. The summed E-state index contributed by atoms with van der Waals surface area (Å²) < 4.78 is 63.2. The molecular weight excluding hydrogens is 543 g/mol. The molecule has 0 unspecified atom stereocenters. The number of nitrogens with zero attached hydrogens (tertiary/aromatic N) is 4. The van der Waals surface area contributed by atoms with Crippen molar-refractivity contribution in [3.05, 3.63) is 28.5 Å². The second-order valence-corrected chi connectivity index (χ2v) is 13.2. The molecule has 38 heavy (non-hydrogen) atoms. The van der Waals surface area contributed by atoms with Crippen LogP contribution in [0.5, 0.6) is 0 Å². The van der Waals surface area contributed by atoms with Gasteiger partial charge in [-0.3, -0.25) is 9.59 Å². The molecule has 14 heteroatoms. The van der Waals surface area contributed by atoms with Crippen LogP contribution in [0.25, 0.3) is 10.4 Å². The Morgan fingerprint density at radius 3 is 2.47 bits per heavy atom. The molecule has 2 aromatic rings. The molecule has 0 aliphatic carbocycles. The van der Waals surface area contributed by atoms with Crippen LogP contribution in [0, 0.1) is 6.92 Å². The molecule has 2 saturated heterocycles. The normalized spacial score (nSPS) is 19.4. The molecule has 0 bridgehead atoms. The molecule has 0 aromatic carbocycles. The summed E-state index contributed by atoms with van der Waals surface area (Å²) in [5.74, 6) is -0.753. The summed E-state index contributed by atoms with van der Waals surface area (Å²) >= 11 is 0.998. The second kappa shape index (κ2) is 10.4. The fourth-order valence-corrected chi connectivity index (χ4v) is 6.59. The Morgan fingerprint density at radius 1 is 1.26 bits per heavy atom. The number of sulfone groups is 1. The van der Waals surface area contributed by atoms with Crippen molar-refractivity contribution in [2.45, 2.75) is 63.5 Å². The monoisotopic (exact) mass is 573 g/mol. The number of anilines is 1. The maximum Gasteiger partial charge on any atom is 0.408 e. The molecular formula is C24H30F3N5O4S2. The summed E-state index contributed by atoms with van der Waals surface area (Å²) in [5, 5.41) is 1.83. The Morgan fingerprint density at radius 2 is 1.95 bits per heavy atom. The van der Waals surface area contributed by atoms with Gasteiger partial charge >= 0.3 is 6.18 Å². The summed E-state index contributed by atoms with van der Waals surface area (Å²) in [6, 6.07) is -0.278. The zero-order valence-corrected chi connectivity index (χ0v) is 23.1. The summed E-state index contributed by atoms with van der Waals surface area (Å²) in [5.41, 5.74) is 1.13. The number of alkyl halides is 3. The molecule has 2 amide bonds. The molecule has 1 N–H and O–H groups in total. The second-order valence-electron chi connectivity index (χ2n) is 9.88. The molecule has 4 rings (SSSR count). The Kier molecular flexibility index (Phi) is 7.77. The van der Waals surface area contributed by atoms with Gasteiger partial charge in [-0.1, -0.05) is 6.92 Å². The predicted octanol–water partition coefficient (Wildman–Crippen LogP) is 3.76. The van der Waals surface area contributed by atoms with Crippen LogP contribution in [0.2, 0.25) is 0 Å². The topological polar surface area (TPSA) is 113 Å². The minimum atomic E-state index is -4.44. The number of rotatable bonds is 7. The Labute approximate surface area is 223 Å². The number of thiazole rings is 1. The first-order valence-corrected chi connectivity index (χ1v) is 15.1. The zero-order chi connectivity index (χ0) is 28.0. The van der Waals surface area contributed by atoms with Gasteiger partial charge in [0.25, 0.3) is 11.8 Å². The standard InChI is InChI=1S/C24H30F3N5O4S2/c1-5-17(24(25,26)27)29-18-9-13(2)16(10-28-18)20-19(22(33)32-8-6-7-14(32)3)30-21(37-20)23(34)31-11-15(12-31)38(4,35)36/h9-10,14-15,17H,5-8,11-12H2,1-4H3,(H,28,29)/t14-,17-/m0/s1. The van der Waals surface area contributed by atoms with E-state index in [1.807, 2.05) is 6.92 Å². The van der Waals surface area contributed by atoms with Crippen LogP contribution < -0.4 is 5.32 Å². The SMILES string of the molecule is CC[C@H](Nc1cc(C)c(-c2sc(C(=O)N3CC(S(C)(=O)=O)C3)nc2C(=O)N2CCC[C@@H]2C)cn1)C(F)(F)F. The number of nitrogens with one attached hydrogen (secondary N) is 1. The number of pyridine rings is 1. The number of aryl methyl sites for hydroxylation is 1. The average molecular weight is 574 g/mol. The van der Waals surface area contributed by atoms with Crippen molar-refractivity contribution < 1.29 is 31.2 Å². The fourth-order valence-electron chi connectivity index (χ4n) is 4.59. The highest BCUT2D eigenvalue weighted by Gasteiger charge is 2.40. The van der Waals surface area contributed by atoms with Crippen LogP contribution >= 0.6 is 11.3 Å². The molecule has 0 saturated carbocycles. The third-order valence-electron chi connectivity index (χ3n) is 7.05. The van der Waals surface area contributed by atoms with E-state index in [0.29, 0.717) is 22.5 Å². The number of halogens is 3. The van der Waals surface area contributed by atoms with Crippen LogP contribution in [0.15, 0.2) is 12.3 Å². The first-order chi connectivity index (χ1) is 17.7. The van der Waals surface area contributed by atoms with Crippen LogP contribution in [-0.4, -0.2) is 89.4 Å². The van der Waals surface area contributed by atoms with E-state index in [4.69, 9.17) is 0 Å². The summed E-state index contributed by atoms with van der Waals surface area (Å²) in [6.45, 7) is 5.72. The number of carbonyl (C=O) groups excluding carboxylic acids is 2. The van der Waals surface area contributed by atoms with E-state index >= 15 is 0 Å².